The molecule has 1 saturated carbocycles. The Balaban J connectivity index is 1.75. The van der Waals surface area contributed by atoms with Crippen LogP contribution in [-0.2, 0) is 20.9 Å². The number of hydrogen-bond donors (Lipinski definition) is 4. The first kappa shape index (κ1) is 28.5. The maximum absolute atomic E-state index is 12.7. The van der Waals surface area contributed by atoms with Crippen molar-refractivity contribution in [1.82, 2.24) is 20.2 Å². The fraction of sp³-hybridized carbons (Fsp3) is 0.448. The molecule has 0 saturated heterocycles. The number of hydrogen-bond acceptors (Lipinski definition) is 7. The number of ether oxygens (including phenoxy) is 1. The fourth-order valence-electron chi connectivity index (χ4n) is 5.17. The van der Waals surface area contributed by atoms with E-state index in [4.69, 9.17) is 4.98 Å². The van der Waals surface area contributed by atoms with Crippen molar-refractivity contribution in [1.29, 1.82) is 0 Å². The van der Waals surface area contributed by atoms with Crippen LogP contribution in [0, 0.1) is 5.92 Å². The number of thiol groups is 1. The molecule has 3 aromatic rings. The van der Waals surface area contributed by atoms with Crippen molar-refractivity contribution >= 4 is 41.4 Å². The Labute approximate surface area is 233 Å². The number of methoxy groups -OCH3 is 1. The summed E-state index contributed by atoms with van der Waals surface area (Å²) < 4.78 is 6.84. The molecule has 4 rings (SSSR count). The molecule has 3 N–H and O–H groups in total. The molecule has 0 radical (unpaired) electrons. The Hall–Kier alpha value is -3.53. The van der Waals surface area contributed by atoms with E-state index >= 15 is 0 Å². The highest BCUT2D eigenvalue weighted by Gasteiger charge is 2.26. The lowest BCUT2D eigenvalue weighted by molar-refractivity contribution is -0.139. The van der Waals surface area contributed by atoms with Gasteiger partial charge in [-0.15, -0.1) is 0 Å². The van der Waals surface area contributed by atoms with Gasteiger partial charge in [0.1, 0.15) is 18.1 Å². The van der Waals surface area contributed by atoms with Crippen molar-refractivity contribution in [2.45, 2.75) is 51.0 Å². The predicted octanol–water partition coefficient (Wildman–Crippen LogP) is 3.79. The van der Waals surface area contributed by atoms with Crippen LogP contribution in [0.3, 0.4) is 0 Å². The van der Waals surface area contributed by atoms with Gasteiger partial charge in [0.05, 0.1) is 24.1 Å². The van der Waals surface area contributed by atoms with Crippen molar-refractivity contribution in [3.8, 4) is 5.75 Å². The van der Waals surface area contributed by atoms with Gasteiger partial charge < -0.3 is 25.0 Å². The van der Waals surface area contributed by atoms with Gasteiger partial charge in [-0.2, -0.15) is 12.6 Å². The second-order valence-electron chi connectivity index (χ2n) is 9.97. The average Bonchev–Trinajstić information content (AvgIpc) is 3.30. The molecule has 208 valence electrons. The molecule has 9 nitrogen and oxygen atoms in total. The maximum atomic E-state index is 12.7. The SMILES string of the molecule is COC(=O)CNC(=O)c1ccc2c(c1)nc(C(CNC(=O)CCS)c1ccc(O)cc1)n2CC1CCCCC1. The zero-order chi connectivity index (χ0) is 27.8. The highest BCUT2D eigenvalue weighted by atomic mass is 32.1. The Morgan fingerprint density at radius 2 is 1.85 bits per heavy atom. The molecule has 1 unspecified atom stereocenters. The van der Waals surface area contributed by atoms with Gasteiger partial charge in [-0.25, -0.2) is 4.98 Å². The van der Waals surface area contributed by atoms with E-state index in [9.17, 15) is 19.5 Å². The third-order valence-corrected chi connectivity index (χ3v) is 7.50. The molecule has 0 bridgehead atoms. The molecule has 0 spiro atoms. The standard InChI is InChI=1S/C29H36N4O5S/c1-38-27(36)17-31-29(37)21-9-12-25-24(15-21)32-28(33(25)18-19-5-3-2-4-6-19)23(16-30-26(35)13-14-39)20-7-10-22(34)11-8-20/h7-12,15,19,23,34,39H,2-6,13-14,16-18H2,1H3,(H,30,35)(H,31,37). The zero-order valence-corrected chi connectivity index (χ0v) is 23.1. The van der Waals surface area contributed by atoms with Crippen LogP contribution >= 0.6 is 12.6 Å². The highest BCUT2D eigenvalue weighted by Crippen LogP contribution is 2.32. The molecule has 1 aromatic heterocycles. The van der Waals surface area contributed by atoms with Gasteiger partial charge in [0, 0.05) is 25.1 Å². The first-order valence-electron chi connectivity index (χ1n) is 13.4. The first-order chi connectivity index (χ1) is 18.9. The van der Waals surface area contributed by atoms with Crippen LogP contribution in [0.1, 0.15) is 66.2 Å². The fourth-order valence-corrected chi connectivity index (χ4v) is 5.38. The van der Waals surface area contributed by atoms with E-state index in [1.807, 2.05) is 18.2 Å². The van der Waals surface area contributed by atoms with E-state index in [0.29, 0.717) is 35.7 Å². The molecule has 1 atom stereocenters. The maximum Gasteiger partial charge on any atom is 0.325 e. The van der Waals surface area contributed by atoms with Crippen LogP contribution in [0.15, 0.2) is 42.5 Å². The first-order valence-corrected chi connectivity index (χ1v) is 14.0. The number of carbonyl (C=O) groups is 3. The number of esters is 1. The summed E-state index contributed by atoms with van der Waals surface area (Å²) in [6, 6.07) is 12.3. The number of aromatic hydroxyl groups is 1. The monoisotopic (exact) mass is 552 g/mol. The minimum Gasteiger partial charge on any atom is -0.508 e. The van der Waals surface area contributed by atoms with E-state index in [1.54, 1.807) is 24.3 Å². The molecule has 0 aliphatic heterocycles. The molecule has 1 fully saturated rings. The van der Waals surface area contributed by atoms with Crippen molar-refractivity contribution in [2.24, 2.45) is 5.92 Å². The summed E-state index contributed by atoms with van der Waals surface area (Å²) in [4.78, 5) is 41.6. The van der Waals surface area contributed by atoms with Crippen molar-refractivity contribution in [3.05, 3.63) is 59.4 Å². The number of phenols is 1. The number of fused-ring (bicyclic) bond motifs is 1. The van der Waals surface area contributed by atoms with E-state index in [2.05, 4.69) is 32.6 Å². The van der Waals surface area contributed by atoms with Gasteiger partial charge in [0.15, 0.2) is 0 Å². The smallest absolute Gasteiger partial charge is 0.325 e. The summed E-state index contributed by atoms with van der Waals surface area (Å²) >= 11 is 4.17. The summed E-state index contributed by atoms with van der Waals surface area (Å²) in [5, 5.41) is 15.5. The second kappa shape index (κ2) is 13.5. The lowest BCUT2D eigenvalue weighted by Gasteiger charge is -2.25. The molecule has 1 aliphatic carbocycles. The Morgan fingerprint density at radius 3 is 2.54 bits per heavy atom. The third kappa shape index (κ3) is 7.32. The summed E-state index contributed by atoms with van der Waals surface area (Å²) in [7, 11) is 1.27. The molecule has 1 heterocycles. The van der Waals surface area contributed by atoms with Gasteiger partial charge >= 0.3 is 5.97 Å². The van der Waals surface area contributed by atoms with E-state index < -0.39 is 5.97 Å². The topological polar surface area (TPSA) is 123 Å². The summed E-state index contributed by atoms with van der Waals surface area (Å²) in [5.74, 6) is 0.637. The largest absolute Gasteiger partial charge is 0.508 e. The number of benzene rings is 2. The number of aromatic nitrogens is 2. The number of rotatable bonds is 11. The number of imidazole rings is 1. The Morgan fingerprint density at radius 1 is 1.10 bits per heavy atom. The van der Waals surface area contributed by atoms with E-state index in [0.717, 1.165) is 36.3 Å². The van der Waals surface area contributed by atoms with Crippen molar-refractivity contribution in [2.75, 3.05) is 26.0 Å². The number of carbonyl (C=O) groups excluding carboxylic acids is 3. The normalized spacial score (nSPS) is 14.6. The van der Waals surface area contributed by atoms with Gasteiger partial charge in [-0.1, -0.05) is 31.4 Å². The molecule has 39 heavy (non-hydrogen) atoms. The van der Waals surface area contributed by atoms with Crippen molar-refractivity contribution in [3.63, 3.8) is 0 Å². The summed E-state index contributed by atoms with van der Waals surface area (Å²) in [5.41, 5.74) is 2.88. The van der Waals surface area contributed by atoms with Crippen LogP contribution < -0.4 is 10.6 Å². The molecule has 2 aromatic carbocycles. The minimum absolute atomic E-state index is 0.0896. The predicted molar refractivity (Wildman–Crippen MR) is 152 cm³/mol. The van der Waals surface area contributed by atoms with Gasteiger partial charge in [0.25, 0.3) is 5.91 Å². The number of phenolic OH excluding ortho intramolecular Hbond substituents is 1. The summed E-state index contributed by atoms with van der Waals surface area (Å²) in [6.45, 7) is 0.903. The van der Waals surface area contributed by atoms with Gasteiger partial charge in [-0.3, -0.25) is 14.4 Å². The second-order valence-corrected chi connectivity index (χ2v) is 10.4. The quantitative estimate of drug-likeness (QED) is 0.212. The lowest BCUT2D eigenvalue weighted by atomic mass is 9.89. The number of nitrogens with zero attached hydrogens (tertiary/aromatic N) is 2. The molecule has 10 heteroatoms. The Kier molecular flexibility index (Phi) is 9.86. The van der Waals surface area contributed by atoms with Crippen molar-refractivity contribution < 1.29 is 24.2 Å². The minimum atomic E-state index is -0.528. The average molecular weight is 553 g/mol. The molecular formula is C29H36N4O5S. The van der Waals surface area contributed by atoms with Gasteiger partial charge in [-0.05, 0) is 60.4 Å². The Bertz CT molecular complexity index is 1300. The van der Waals surface area contributed by atoms with E-state index in [1.165, 1.54) is 26.4 Å². The number of amides is 2. The van der Waals surface area contributed by atoms with Crippen LogP contribution in [-0.4, -0.2) is 58.4 Å². The molecule has 2 amide bonds. The van der Waals surface area contributed by atoms with Crippen LogP contribution in [0.2, 0.25) is 0 Å². The lowest BCUT2D eigenvalue weighted by Crippen LogP contribution is -2.30. The van der Waals surface area contributed by atoms with Crippen LogP contribution in [0.5, 0.6) is 5.75 Å². The van der Waals surface area contributed by atoms with Gasteiger partial charge in [0.2, 0.25) is 5.91 Å². The summed E-state index contributed by atoms with van der Waals surface area (Å²) in [6.07, 6.45) is 6.28. The third-order valence-electron chi connectivity index (χ3n) is 7.28. The van der Waals surface area contributed by atoms with Crippen LogP contribution in [0.25, 0.3) is 11.0 Å². The molecule has 1 aliphatic rings. The zero-order valence-electron chi connectivity index (χ0n) is 22.2. The van der Waals surface area contributed by atoms with E-state index in [-0.39, 0.29) is 30.0 Å². The van der Waals surface area contributed by atoms with Crippen LogP contribution in [0.4, 0.5) is 0 Å². The highest BCUT2D eigenvalue weighted by molar-refractivity contribution is 7.80. The number of nitrogens with one attached hydrogen (secondary N) is 2. The molecular weight excluding hydrogens is 516 g/mol.